The van der Waals surface area contributed by atoms with E-state index in [1.165, 1.54) is 6.07 Å². The fraction of sp³-hybridized carbons (Fsp3) is 0.0714. The summed E-state index contributed by atoms with van der Waals surface area (Å²) in [6.45, 7) is 0.425. The van der Waals surface area contributed by atoms with Crippen LogP contribution in [0.3, 0.4) is 0 Å². The van der Waals surface area contributed by atoms with Crippen LogP contribution < -0.4 is 0 Å². The molecule has 3 heteroatoms. The second kappa shape index (κ2) is 5.97. The minimum absolute atomic E-state index is 0.206. The normalized spacial score (nSPS) is 10.2. The van der Waals surface area contributed by atoms with E-state index >= 15 is 0 Å². The molecule has 1 heterocycles. The summed E-state index contributed by atoms with van der Waals surface area (Å²) in [5.41, 5.74) is 1.05. The molecule has 2 aromatic rings. The van der Waals surface area contributed by atoms with Gasteiger partial charge < -0.3 is 0 Å². The van der Waals surface area contributed by atoms with Crippen LogP contribution in [0.5, 0.6) is 0 Å². The molecule has 17 heavy (non-hydrogen) atoms. The van der Waals surface area contributed by atoms with Gasteiger partial charge in [0.25, 0.3) is 0 Å². The minimum atomic E-state index is -0.206. The summed E-state index contributed by atoms with van der Waals surface area (Å²) in [5.74, 6) is 5.75. The first kappa shape index (κ1) is 11.6. The van der Waals surface area contributed by atoms with E-state index in [1.807, 2.05) is 30.3 Å². The van der Waals surface area contributed by atoms with E-state index < -0.39 is 0 Å². The summed E-state index contributed by atoms with van der Waals surface area (Å²) < 4.78 is 12.6. The summed E-state index contributed by atoms with van der Waals surface area (Å²) in [4.78, 5) is 4.91. The molecule has 1 aromatic heterocycles. The number of thiophene rings is 1. The van der Waals surface area contributed by atoms with Crippen molar-refractivity contribution in [3.05, 3.63) is 58.0 Å². The molecule has 84 valence electrons. The first-order valence-electron chi connectivity index (χ1n) is 5.14. The number of aliphatic imine (C=N–C) groups is 1. The van der Waals surface area contributed by atoms with Gasteiger partial charge in [-0.05, 0) is 17.7 Å². The maximum Gasteiger partial charge on any atom is 0.177 e. The molecule has 2 rings (SSSR count). The Morgan fingerprint density at radius 1 is 1.18 bits per heavy atom. The number of hydrogen-bond donors (Lipinski definition) is 0. The maximum absolute atomic E-state index is 12.6. The Kier molecular flexibility index (Phi) is 4.06. The van der Waals surface area contributed by atoms with Crippen molar-refractivity contribution in [1.29, 1.82) is 0 Å². The molecule has 0 radical (unpaired) electrons. The molecule has 1 nitrogen and oxygen atoms in total. The Balaban J connectivity index is 1.88. The predicted molar refractivity (Wildman–Crippen MR) is 70.1 cm³/mol. The van der Waals surface area contributed by atoms with Gasteiger partial charge in [0, 0.05) is 6.21 Å². The van der Waals surface area contributed by atoms with Gasteiger partial charge in [0.2, 0.25) is 0 Å². The quantitative estimate of drug-likeness (QED) is 0.566. The fourth-order valence-corrected chi connectivity index (χ4v) is 1.85. The lowest BCUT2D eigenvalue weighted by atomic mass is 10.2. The van der Waals surface area contributed by atoms with Crippen molar-refractivity contribution in [2.75, 3.05) is 6.54 Å². The van der Waals surface area contributed by atoms with Crippen molar-refractivity contribution in [2.45, 2.75) is 0 Å². The standard InChI is InChI=1S/C14H10FNS/c15-14-9-8-13(17-14)7-4-10-16-11-12-5-2-1-3-6-12/h1-3,5-6,8-9,11H,10H2/b16-11+. The van der Waals surface area contributed by atoms with Gasteiger partial charge in [0.05, 0.1) is 4.88 Å². The van der Waals surface area contributed by atoms with Gasteiger partial charge in [0.15, 0.2) is 5.13 Å². The Morgan fingerprint density at radius 3 is 2.71 bits per heavy atom. The molecule has 0 saturated heterocycles. The molecule has 0 aliphatic heterocycles. The van der Waals surface area contributed by atoms with Gasteiger partial charge in [-0.1, -0.05) is 53.5 Å². The van der Waals surface area contributed by atoms with E-state index in [4.69, 9.17) is 0 Å². The zero-order valence-corrected chi connectivity index (χ0v) is 9.88. The van der Waals surface area contributed by atoms with Crippen molar-refractivity contribution >= 4 is 17.6 Å². The molecule has 0 aliphatic carbocycles. The number of hydrogen-bond acceptors (Lipinski definition) is 2. The van der Waals surface area contributed by atoms with Crippen LogP contribution in [0.4, 0.5) is 4.39 Å². The monoisotopic (exact) mass is 243 g/mol. The molecule has 0 saturated carbocycles. The summed E-state index contributed by atoms with van der Waals surface area (Å²) in [6, 6.07) is 12.9. The summed E-state index contributed by atoms with van der Waals surface area (Å²) in [6.07, 6.45) is 1.78. The highest BCUT2D eigenvalue weighted by Gasteiger charge is 1.92. The van der Waals surface area contributed by atoms with Crippen molar-refractivity contribution in [2.24, 2.45) is 4.99 Å². The summed E-state index contributed by atoms with van der Waals surface area (Å²) in [5, 5.41) is -0.206. The Hall–Kier alpha value is -1.92. The lowest BCUT2D eigenvalue weighted by Crippen LogP contribution is -1.81. The average Bonchev–Trinajstić information content (AvgIpc) is 2.76. The third-order valence-corrected chi connectivity index (χ3v) is 2.78. The van der Waals surface area contributed by atoms with Crippen molar-refractivity contribution in [3.8, 4) is 11.8 Å². The zero-order valence-electron chi connectivity index (χ0n) is 9.06. The second-order valence-electron chi connectivity index (χ2n) is 3.29. The van der Waals surface area contributed by atoms with E-state index in [0.717, 1.165) is 21.8 Å². The predicted octanol–water partition coefficient (Wildman–Crippen LogP) is 3.36. The highest BCUT2D eigenvalue weighted by Crippen LogP contribution is 2.12. The molecule has 0 atom stereocenters. The SMILES string of the molecule is Fc1ccc(C#CC/N=C/c2ccccc2)s1. The van der Waals surface area contributed by atoms with E-state index in [-0.39, 0.29) is 5.13 Å². The van der Waals surface area contributed by atoms with Crippen molar-refractivity contribution < 1.29 is 4.39 Å². The van der Waals surface area contributed by atoms with Crippen molar-refractivity contribution in [3.63, 3.8) is 0 Å². The summed E-state index contributed by atoms with van der Waals surface area (Å²) in [7, 11) is 0. The van der Waals surface area contributed by atoms with Crippen LogP contribution in [-0.4, -0.2) is 12.8 Å². The van der Waals surface area contributed by atoms with Crippen LogP contribution >= 0.6 is 11.3 Å². The van der Waals surface area contributed by atoms with Crippen LogP contribution in [0.1, 0.15) is 10.4 Å². The van der Waals surface area contributed by atoms with Crippen molar-refractivity contribution in [1.82, 2.24) is 0 Å². The smallest absolute Gasteiger partial charge is 0.177 e. The highest BCUT2D eigenvalue weighted by atomic mass is 32.1. The van der Waals surface area contributed by atoms with Crippen LogP contribution in [0, 0.1) is 17.0 Å². The summed E-state index contributed by atoms with van der Waals surface area (Å²) >= 11 is 1.05. The minimum Gasteiger partial charge on any atom is -0.280 e. The second-order valence-corrected chi connectivity index (χ2v) is 4.32. The van der Waals surface area contributed by atoms with Gasteiger partial charge in [-0.15, -0.1) is 0 Å². The fourth-order valence-electron chi connectivity index (χ4n) is 1.24. The molecular weight excluding hydrogens is 233 g/mol. The maximum atomic E-state index is 12.6. The molecule has 0 fully saturated rings. The Labute approximate surface area is 104 Å². The first-order valence-corrected chi connectivity index (χ1v) is 5.95. The lowest BCUT2D eigenvalue weighted by molar-refractivity contribution is 0.657. The topological polar surface area (TPSA) is 12.4 Å². The van der Waals surface area contributed by atoms with Crippen LogP contribution in [0.15, 0.2) is 47.5 Å². The largest absolute Gasteiger partial charge is 0.280 e. The zero-order chi connectivity index (χ0) is 11.9. The highest BCUT2D eigenvalue weighted by molar-refractivity contribution is 7.10. The van der Waals surface area contributed by atoms with Gasteiger partial charge in [-0.3, -0.25) is 4.99 Å². The molecule has 0 amide bonds. The molecule has 0 bridgehead atoms. The van der Waals surface area contributed by atoms with E-state index in [9.17, 15) is 4.39 Å². The molecule has 0 spiro atoms. The van der Waals surface area contributed by atoms with E-state index in [1.54, 1.807) is 12.3 Å². The van der Waals surface area contributed by atoms with Gasteiger partial charge in [-0.2, -0.15) is 4.39 Å². The van der Waals surface area contributed by atoms with Crippen LogP contribution in [0.25, 0.3) is 0 Å². The molecular formula is C14H10FNS. The third kappa shape index (κ3) is 3.86. The van der Waals surface area contributed by atoms with Crippen LogP contribution in [-0.2, 0) is 0 Å². The molecule has 0 unspecified atom stereocenters. The number of rotatable bonds is 2. The van der Waals surface area contributed by atoms with Gasteiger partial charge in [0.1, 0.15) is 6.54 Å². The molecule has 0 aliphatic rings. The molecule has 0 N–H and O–H groups in total. The van der Waals surface area contributed by atoms with Gasteiger partial charge in [-0.25, -0.2) is 0 Å². The van der Waals surface area contributed by atoms with Gasteiger partial charge >= 0.3 is 0 Å². The number of benzene rings is 1. The molecule has 1 aromatic carbocycles. The number of halogens is 1. The number of nitrogens with zero attached hydrogens (tertiary/aromatic N) is 1. The third-order valence-electron chi connectivity index (χ3n) is 2.00. The first-order chi connectivity index (χ1) is 8.34. The average molecular weight is 243 g/mol. The van der Waals surface area contributed by atoms with E-state index in [2.05, 4.69) is 16.8 Å². The van der Waals surface area contributed by atoms with E-state index in [0.29, 0.717) is 6.54 Å². The Bertz CT molecular complexity index is 561. The van der Waals surface area contributed by atoms with Crippen LogP contribution in [0.2, 0.25) is 0 Å². The lowest BCUT2D eigenvalue weighted by Gasteiger charge is -1.88. The Morgan fingerprint density at radius 2 is 2.00 bits per heavy atom.